The number of fused-ring (bicyclic) bond motifs is 2. The second kappa shape index (κ2) is 8.18. The van der Waals surface area contributed by atoms with E-state index in [-0.39, 0.29) is 17.4 Å². The van der Waals surface area contributed by atoms with E-state index < -0.39 is 46.2 Å². The van der Waals surface area contributed by atoms with Crippen molar-refractivity contribution in [1.29, 1.82) is 0 Å². The van der Waals surface area contributed by atoms with Gasteiger partial charge >= 0.3 is 12.3 Å². The Bertz CT molecular complexity index is 1280. The zero-order chi connectivity index (χ0) is 24.9. The molecule has 0 amide bonds. The van der Waals surface area contributed by atoms with Gasteiger partial charge in [-0.05, 0) is 28.8 Å². The second-order valence-electron chi connectivity index (χ2n) is 7.90. The molecule has 1 aliphatic carbocycles. The van der Waals surface area contributed by atoms with E-state index in [0.717, 1.165) is 28.3 Å². The number of nitrogens with zero attached hydrogens (tertiary/aromatic N) is 4. The second-order valence-corrected chi connectivity index (χ2v) is 9.90. The van der Waals surface area contributed by atoms with Crippen molar-refractivity contribution in [1.82, 2.24) is 14.3 Å². The van der Waals surface area contributed by atoms with E-state index in [4.69, 9.17) is 5.73 Å². The summed E-state index contributed by atoms with van der Waals surface area (Å²) in [6.45, 7) is -1.60. The fourth-order valence-electron chi connectivity index (χ4n) is 3.63. The molecule has 2 aliphatic rings. The minimum absolute atomic E-state index is 0.132. The van der Waals surface area contributed by atoms with Gasteiger partial charge in [-0.3, -0.25) is 0 Å². The molecular formula is C20H18F5N5O3S. The van der Waals surface area contributed by atoms with E-state index in [1.54, 1.807) is 18.2 Å². The normalized spacial score (nSPS) is 21.8. The van der Waals surface area contributed by atoms with E-state index in [0.29, 0.717) is 17.5 Å². The number of benzene rings is 1. The van der Waals surface area contributed by atoms with Crippen LogP contribution in [0, 0.1) is 0 Å². The first-order valence-corrected chi connectivity index (χ1v) is 11.4. The zero-order valence-corrected chi connectivity index (χ0v) is 18.4. The summed E-state index contributed by atoms with van der Waals surface area (Å²) in [7, 11) is -2.34. The molecule has 8 nitrogen and oxygen atoms in total. The highest BCUT2D eigenvalue weighted by Crippen LogP contribution is 2.46. The van der Waals surface area contributed by atoms with E-state index in [9.17, 15) is 30.4 Å². The van der Waals surface area contributed by atoms with Gasteiger partial charge in [0.15, 0.2) is 12.4 Å². The average molecular weight is 503 g/mol. The summed E-state index contributed by atoms with van der Waals surface area (Å²) in [5.74, 6) is -6.06. The number of rotatable bonds is 6. The van der Waals surface area contributed by atoms with Crippen LogP contribution in [0.3, 0.4) is 0 Å². The van der Waals surface area contributed by atoms with Crippen LogP contribution in [0.1, 0.15) is 22.4 Å². The lowest BCUT2D eigenvalue weighted by Crippen LogP contribution is -2.55. The van der Waals surface area contributed by atoms with Crippen molar-refractivity contribution in [2.75, 3.05) is 19.4 Å². The number of halogens is 5. The fourth-order valence-corrected chi connectivity index (χ4v) is 5.08. The number of hydrogen-bond acceptors (Lipinski definition) is 7. The monoisotopic (exact) mass is 503 g/mol. The van der Waals surface area contributed by atoms with Crippen LogP contribution in [0.4, 0.5) is 22.0 Å². The molecule has 14 heteroatoms. The van der Waals surface area contributed by atoms with Gasteiger partial charge in [0.05, 0.1) is 18.1 Å². The van der Waals surface area contributed by atoms with Crippen LogP contribution < -0.4 is 10.5 Å². The molecule has 4 rings (SSSR count). The van der Waals surface area contributed by atoms with Gasteiger partial charge in [0, 0.05) is 13.5 Å². The molecule has 0 saturated carbocycles. The Balaban J connectivity index is 1.53. The van der Waals surface area contributed by atoms with Crippen LogP contribution >= 0.6 is 0 Å². The topological polar surface area (TPSA) is 111 Å². The number of aromatic nitrogens is 2. The number of nitrogens with two attached hydrogens (primary N) is 1. The van der Waals surface area contributed by atoms with Crippen molar-refractivity contribution in [2.24, 2.45) is 10.7 Å². The molecule has 0 fully saturated rings. The molecule has 1 aliphatic heterocycles. The molecule has 0 radical (unpaired) electrons. The highest BCUT2D eigenvalue weighted by atomic mass is 32.2. The third-order valence-electron chi connectivity index (χ3n) is 5.51. The first-order valence-electron chi connectivity index (χ1n) is 9.77. The lowest BCUT2D eigenvalue weighted by molar-refractivity contribution is -0.148. The highest BCUT2D eigenvalue weighted by Gasteiger charge is 2.50. The lowest BCUT2D eigenvalue weighted by Gasteiger charge is -2.44. The van der Waals surface area contributed by atoms with Crippen molar-refractivity contribution in [3.63, 3.8) is 0 Å². The average Bonchev–Trinajstić information content (AvgIpc) is 2.76. The Morgan fingerprint density at radius 3 is 2.68 bits per heavy atom. The van der Waals surface area contributed by atoms with Gasteiger partial charge in [0.25, 0.3) is 0 Å². The summed E-state index contributed by atoms with van der Waals surface area (Å²) < 4.78 is 95.1. The first-order chi connectivity index (χ1) is 15.8. The maximum atomic E-state index is 14.7. The van der Waals surface area contributed by atoms with Crippen molar-refractivity contribution < 1.29 is 35.1 Å². The molecule has 0 unspecified atom stereocenters. The third kappa shape index (κ3) is 4.29. The number of aliphatic imine (C=N–C) groups is 1. The zero-order valence-electron chi connectivity index (χ0n) is 17.6. The Kier molecular flexibility index (Phi) is 5.74. The van der Waals surface area contributed by atoms with E-state index in [1.807, 2.05) is 0 Å². The lowest BCUT2D eigenvalue weighted by atomic mass is 9.71. The Morgan fingerprint density at radius 2 is 2.06 bits per heavy atom. The maximum Gasteiger partial charge on any atom is 0.340 e. The van der Waals surface area contributed by atoms with Crippen molar-refractivity contribution in [3.05, 3.63) is 53.0 Å². The predicted molar refractivity (Wildman–Crippen MR) is 112 cm³/mol. The number of ether oxygens (including phenoxy) is 1. The Hall–Kier alpha value is -3.29. The number of alkyl halides is 4. The third-order valence-corrected chi connectivity index (χ3v) is 7.37. The molecule has 1 aromatic heterocycles. The predicted octanol–water partition coefficient (Wildman–Crippen LogP) is 2.56. The van der Waals surface area contributed by atoms with Crippen molar-refractivity contribution in [2.45, 2.75) is 24.3 Å². The van der Waals surface area contributed by atoms with Gasteiger partial charge in [0.1, 0.15) is 11.2 Å². The standard InChI is InChI=1S/C20H18F5N5O3S/c1-30-18(26)29-19(10-34(30,31)32)6-12-3-2-11(4-13(12)19)5-14(21)15-7-28-16(8-27-15)33-9-20(24,25)17(22)23/h2-5,7-8,17H,6,9-10H2,1H3,(H2,26,29)/b14-5-/t19-/m0/s1. The highest BCUT2D eigenvalue weighted by molar-refractivity contribution is 7.89. The summed E-state index contributed by atoms with van der Waals surface area (Å²) in [5.41, 5.74) is 6.35. The van der Waals surface area contributed by atoms with E-state index in [2.05, 4.69) is 19.7 Å². The minimum Gasteiger partial charge on any atom is -0.470 e. The van der Waals surface area contributed by atoms with Gasteiger partial charge in [0.2, 0.25) is 21.9 Å². The molecule has 0 bridgehead atoms. The first kappa shape index (κ1) is 23.9. The number of hydrogen-bond donors (Lipinski definition) is 1. The van der Waals surface area contributed by atoms with Crippen LogP contribution in [0.15, 0.2) is 35.6 Å². The molecule has 1 atom stereocenters. The summed E-state index contributed by atoms with van der Waals surface area (Å²) in [6.07, 6.45) is -0.672. The molecule has 34 heavy (non-hydrogen) atoms. The van der Waals surface area contributed by atoms with Crippen molar-refractivity contribution in [3.8, 4) is 5.88 Å². The Labute approximate surface area is 191 Å². The van der Waals surface area contributed by atoms with Gasteiger partial charge < -0.3 is 10.5 Å². The molecule has 1 spiro atoms. The molecule has 2 aromatic rings. The summed E-state index contributed by atoms with van der Waals surface area (Å²) >= 11 is 0. The molecule has 0 saturated heterocycles. The smallest absolute Gasteiger partial charge is 0.340 e. The quantitative estimate of drug-likeness (QED) is 0.607. The van der Waals surface area contributed by atoms with Crippen LogP contribution in [0.2, 0.25) is 0 Å². The molecule has 182 valence electrons. The van der Waals surface area contributed by atoms with Crippen molar-refractivity contribution >= 4 is 27.9 Å². The molecule has 2 N–H and O–H groups in total. The van der Waals surface area contributed by atoms with E-state index in [1.165, 1.54) is 7.05 Å². The van der Waals surface area contributed by atoms with Gasteiger partial charge in [-0.2, -0.15) is 8.78 Å². The Morgan fingerprint density at radius 1 is 1.32 bits per heavy atom. The van der Waals surface area contributed by atoms with Gasteiger partial charge in [-0.15, -0.1) is 0 Å². The van der Waals surface area contributed by atoms with Crippen LogP contribution in [-0.4, -0.2) is 60.4 Å². The molecule has 1 aromatic carbocycles. The summed E-state index contributed by atoms with van der Waals surface area (Å²) in [5, 5.41) is 0. The summed E-state index contributed by atoms with van der Waals surface area (Å²) in [6, 6.07) is 4.95. The van der Waals surface area contributed by atoms with Crippen LogP contribution in [-0.2, 0) is 22.0 Å². The van der Waals surface area contributed by atoms with Crippen LogP contribution in [0.25, 0.3) is 11.9 Å². The maximum absolute atomic E-state index is 14.7. The number of guanidine groups is 1. The summed E-state index contributed by atoms with van der Waals surface area (Å²) in [4.78, 5) is 11.7. The van der Waals surface area contributed by atoms with E-state index >= 15 is 0 Å². The van der Waals surface area contributed by atoms with Gasteiger partial charge in [-0.25, -0.2) is 40.9 Å². The van der Waals surface area contributed by atoms with Crippen LogP contribution in [0.5, 0.6) is 5.88 Å². The fraction of sp³-hybridized carbons (Fsp3) is 0.350. The SMILES string of the molecule is CN1C(N)=N[C@@]2(Cc3ccc(/C=C(\F)c4cnc(OCC(F)(F)C(F)F)cn4)cc32)CS1(=O)=O. The number of sulfonamides is 1. The molecular weight excluding hydrogens is 485 g/mol. The largest absolute Gasteiger partial charge is 0.470 e. The minimum atomic E-state index is -4.36. The molecule has 2 heterocycles. The van der Waals surface area contributed by atoms with Gasteiger partial charge in [-0.1, -0.05) is 12.1 Å².